The normalized spacial score (nSPS) is 16.3. The Bertz CT molecular complexity index is 1010. The lowest BCUT2D eigenvalue weighted by Crippen LogP contribution is -2.38. The Morgan fingerprint density at radius 2 is 1.86 bits per heavy atom. The molecule has 0 radical (unpaired) electrons. The minimum absolute atomic E-state index is 0.196. The Morgan fingerprint density at radius 1 is 1.21 bits per heavy atom. The zero-order valence-electron chi connectivity index (χ0n) is 16.6. The molecule has 1 aliphatic rings. The molecular formula is C20H26ClN3O3S. The predicted octanol–water partition coefficient (Wildman–Crippen LogP) is 4.27. The molecule has 2 aromatic rings. The molecule has 1 saturated heterocycles. The Morgan fingerprint density at radius 3 is 2.46 bits per heavy atom. The van der Waals surface area contributed by atoms with Gasteiger partial charge in [0.25, 0.3) is 5.91 Å². The number of amides is 1. The van der Waals surface area contributed by atoms with E-state index in [1.807, 2.05) is 13.0 Å². The van der Waals surface area contributed by atoms with Gasteiger partial charge in [-0.1, -0.05) is 24.6 Å². The van der Waals surface area contributed by atoms with Gasteiger partial charge in [0.05, 0.1) is 10.7 Å². The number of hydrogen-bond acceptors (Lipinski definition) is 3. The second-order valence-electron chi connectivity index (χ2n) is 7.60. The molecule has 28 heavy (non-hydrogen) atoms. The molecule has 0 spiro atoms. The maximum Gasteiger partial charge on any atom is 0.272 e. The summed E-state index contributed by atoms with van der Waals surface area (Å²) in [7, 11) is -3.65. The Labute approximate surface area is 171 Å². The largest absolute Gasteiger partial charge is 0.353 e. The molecule has 0 saturated carbocycles. The van der Waals surface area contributed by atoms with Crippen LogP contribution < -0.4 is 5.32 Å². The average molecular weight is 424 g/mol. The highest BCUT2D eigenvalue weighted by Gasteiger charge is 2.33. The van der Waals surface area contributed by atoms with E-state index in [0.29, 0.717) is 41.0 Å². The van der Waals surface area contributed by atoms with E-state index in [-0.39, 0.29) is 10.6 Å². The van der Waals surface area contributed by atoms with E-state index in [4.69, 9.17) is 11.6 Å². The number of carbonyl (C=O) groups is 1. The third-order valence-corrected chi connectivity index (χ3v) is 7.79. The van der Waals surface area contributed by atoms with Gasteiger partial charge in [-0.3, -0.25) is 4.79 Å². The molecule has 6 nitrogen and oxygen atoms in total. The SMILES string of the molecule is Cc1ccc(NC(=O)c2[nH]c(C)c(S(=O)(=O)N3CCC(C)CC3)c2C)c(Cl)c1. The molecule has 0 atom stereocenters. The minimum Gasteiger partial charge on any atom is -0.353 e. The fourth-order valence-corrected chi connectivity index (χ4v) is 5.77. The first kappa shape index (κ1) is 20.9. The van der Waals surface area contributed by atoms with E-state index in [2.05, 4.69) is 17.2 Å². The monoisotopic (exact) mass is 423 g/mol. The summed E-state index contributed by atoms with van der Waals surface area (Å²) in [5.41, 5.74) is 2.60. The summed E-state index contributed by atoms with van der Waals surface area (Å²) in [6, 6.07) is 5.34. The van der Waals surface area contributed by atoms with Crippen LogP contribution in [0.1, 0.15) is 47.1 Å². The molecule has 3 rings (SSSR count). The number of hydrogen-bond donors (Lipinski definition) is 2. The van der Waals surface area contributed by atoms with Crippen LogP contribution in [0.2, 0.25) is 5.02 Å². The molecule has 0 bridgehead atoms. The van der Waals surface area contributed by atoms with Crippen LogP contribution in [-0.2, 0) is 10.0 Å². The van der Waals surface area contributed by atoms with E-state index >= 15 is 0 Å². The van der Waals surface area contributed by atoms with Crippen LogP contribution in [0.4, 0.5) is 5.69 Å². The molecule has 1 aromatic heterocycles. The molecule has 2 heterocycles. The molecule has 0 aliphatic carbocycles. The first-order valence-electron chi connectivity index (χ1n) is 9.38. The first-order valence-corrected chi connectivity index (χ1v) is 11.2. The predicted molar refractivity (Wildman–Crippen MR) is 112 cm³/mol. The van der Waals surface area contributed by atoms with Gasteiger partial charge in [-0.15, -0.1) is 0 Å². The van der Waals surface area contributed by atoms with Gasteiger partial charge < -0.3 is 10.3 Å². The van der Waals surface area contributed by atoms with Crippen molar-refractivity contribution in [2.45, 2.75) is 45.4 Å². The molecule has 152 valence electrons. The minimum atomic E-state index is -3.65. The number of rotatable bonds is 4. The number of aromatic amines is 1. The maximum absolute atomic E-state index is 13.2. The standard InChI is InChI=1S/C20H26ClN3O3S/c1-12-7-9-24(10-8-12)28(26,27)19-14(3)18(22-15(19)4)20(25)23-17-6-5-13(2)11-16(17)21/h5-6,11-12,22H,7-10H2,1-4H3,(H,23,25). The van der Waals surface area contributed by atoms with Crippen molar-refractivity contribution in [3.05, 3.63) is 45.7 Å². The van der Waals surface area contributed by atoms with Crippen LogP contribution >= 0.6 is 11.6 Å². The Kier molecular flexibility index (Phi) is 5.89. The second-order valence-corrected chi connectivity index (χ2v) is 9.89. The van der Waals surface area contributed by atoms with Gasteiger partial charge >= 0.3 is 0 Å². The number of sulfonamides is 1. The fourth-order valence-electron chi connectivity index (χ4n) is 3.61. The number of halogens is 1. The molecule has 1 fully saturated rings. The summed E-state index contributed by atoms with van der Waals surface area (Å²) in [5.74, 6) is 0.112. The van der Waals surface area contributed by atoms with Gasteiger partial charge in [-0.25, -0.2) is 8.42 Å². The van der Waals surface area contributed by atoms with Crippen molar-refractivity contribution in [2.75, 3.05) is 18.4 Å². The van der Waals surface area contributed by atoms with E-state index in [1.165, 1.54) is 4.31 Å². The molecule has 1 amide bonds. The van der Waals surface area contributed by atoms with Crippen molar-refractivity contribution in [1.29, 1.82) is 0 Å². The van der Waals surface area contributed by atoms with Gasteiger partial charge in [0.15, 0.2) is 0 Å². The third kappa shape index (κ3) is 3.97. The summed E-state index contributed by atoms with van der Waals surface area (Å²) < 4.78 is 27.9. The number of aromatic nitrogens is 1. The summed E-state index contributed by atoms with van der Waals surface area (Å²) in [4.78, 5) is 15.9. The van der Waals surface area contributed by atoms with Crippen molar-refractivity contribution in [3.63, 3.8) is 0 Å². The number of benzene rings is 1. The van der Waals surface area contributed by atoms with E-state index in [0.717, 1.165) is 18.4 Å². The first-order chi connectivity index (χ1) is 13.1. The highest BCUT2D eigenvalue weighted by atomic mass is 35.5. The molecular weight excluding hydrogens is 398 g/mol. The van der Waals surface area contributed by atoms with Crippen LogP contribution in [0.3, 0.4) is 0 Å². The lowest BCUT2D eigenvalue weighted by atomic mass is 10.0. The summed E-state index contributed by atoms with van der Waals surface area (Å²) in [6.45, 7) is 8.41. The second kappa shape index (κ2) is 7.89. The lowest BCUT2D eigenvalue weighted by molar-refractivity contribution is 0.102. The highest BCUT2D eigenvalue weighted by molar-refractivity contribution is 7.89. The van der Waals surface area contributed by atoms with Crippen LogP contribution in [0.25, 0.3) is 0 Å². The van der Waals surface area contributed by atoms with Crippen molar-refractivity contribution in [2.24, 2.45) is 5.92 Å². The Hall–Kier alpha value is -1.83. The average Bonchev–Trinajstić information content (AvgIpc) is 2.93. The molecule has 2 N–H and O–H groups in total. The van der Waals surface area contributed by atoms with Crippen molar-refractivity contribution >= 4 is 33.2 Å². The number of aryl methyl sites for hydroxylation is 2. The van der Waals surface area contributed by atoms with Gasteiger partial charge in [-0.05, 0) is 62.8 Å². The quantitative estimate of drug-likeness (QED) is 0.770. The molecule has 1 aromatic carbocycles. The number of nitrogens with one attached hydrogen (secondary N) is 2. The van der Waals surface area contributed by atoms with Gasteiger partial charge in [0.1, 0.15) is 10.6 Å². The Balaban J connectivity index is 1.90. The molecule has 1 aliphatic heterocycles. The number of nitrogens with zero attached hydrogens (tertiary/aromatic N) is 1. The van der Waals surface area contributed by atoms with Gasteiger partial charge in [0.2, 0.25) is 10.0 Å². The van der Waals surface area contributed by atoms with Crippen molar-refractivity contribution < 1.29 is 13.2 Å². The third-order valence-electron chi connectivity index (χ3n) is 5.31. The number of H-pyrrole nitrogens is 1. The van der Waals surface area contributed by atoms with E-state index in [1.54, 1.807) is 26.0 Å². The number of piperidine rings is 1. The van der Waals surface area contributed by atoms with Crippen molar-refractivity contribution in [1.82, 2.24) is 9.29 Å². The molecule has 8 heteroatoms. The van der Waals surface area contributed by atoms with Crippen LogP contribution in [0.15, 0.2) is 23.1 Å². The lowest BCUT2D eigenvalue weighted by Gasteiger charge is -2.29. The number of anilines is 1. The zero-order valence-corrected chi connectivity index (χ0v) is 18.2. The highest BCUT2D eigenvalue weighted by Crippen LogP contribution is 2.30. The smallest absolute Gasteiger partial charge is 0.272 e. The zero-order chi connectivity index (χ0) is 20.6. The van der Waals surface area contributed by atoms with Gasteiger partial charge in [0, 0.05) is 18.8 Å². The van der Waals surface area contributed by atoms with Crippen LogP contribution in [0, 0.1) is 26.7 Å². The van der Waals surface area contributed by atoms with Crippen LogP contribution in [-0.4, -0.2) is 36.7 Å². The van der Waals surface area contributed by atoms with Gasteiger partial charge in [-0.2, -0.15) is 4.31 Å². The van der Waals surface area contributed by atoms with E-state index < -0.39 is 15.9 Å². The van der Waals surface area contributed by atoms with Crippen molar-refractivity contribution in [3.8, 4) is 0 Å². The fraction of sp³-hybridized carbons (Fsp3) is 0.450. The summed E-state index contributed by atoms with van der Waals surface area (Å²) >= 11 is 6.20. The summed E-state index contributed by atoms with van der Waals surface area (Å²) in [5, 5.41) is 3.20. The van der Waals surface area contributed by atoms with Crippen LogP contribution in [0.5, 0.6) is 0 Å². The molecule has 0 unspecified atom stereocenters. The van der Waals surface area contributed by atoms with E-state index in [9.17, 15) is 13.2 Å². The summed E-state index contributed by atoms with van der Waals surface area (Å²) in [6.07, 6.45) is 1.70. The maximum atomic E-state index is 13.2. The number of carbonyl (C=O) groups excluding carboxylic acids is 1. The topological polar surface area (TPSA) is 82.3 Å².